The molecule has 0 unspecified atom stereocenters. The summed E-state index contributed by atoms with van der Waals surface area (Å²) in [6, 6.07) is 13.5. The first-order valence-electron chi connectivity index (χ1n) is 9.34. The Morgan fingerprint density at radius 2 is 1.86 bits per heavy atom. The molecule has 3 aromatic rings. The normalized spacial score (nSPS) is 17.2. The van der Waals surface area contributed by atoms with E-state index in [4.69, 9.17) is 4.74 Å². The third-order valence-corrected chi connectivity index (χ3v) is 5.02. The number of aliphatic hydroxyl groups excluding tert-OH is 1. The van der Waals surface area contributed by atoms with Crippen LogP contribution in [0.4, 0.5) is 4.39 Å². The minimum atomic E-state index is -0.853. The van der Waals surface area contributed by atoms with Gasteiger partial charge in [0.05, 0.1) is 24.9 Å². The minimum absolute atomic E-state index is 0.297. The number of aromatic nitrogens is 2. The first-order valence-corrected chi connectivity index (χ1v) is 9.34. The first kappa shape index (κ1) is 18.7. The van der Waals surface area contributed by atoms with Gasteiger partial charge in [-0.3, -0.25) is 14.9 Å². The summed E-state index contributed by atoms with van der Waals surface area (Å²) < 4.78 is 19.3. The van der Waals surface area contributed by atoms with Crippen LogP contribution >= 0.6 is 0 Å². The smallest absolute Gasteiger partial charge is 0.123 e. The highest BCUT2D eigenvalue weighted by Gasteiger charge is 2.32. The molecule has 6 heteroatoms. The summed E-state index contributed by atoms with van der Waals surface area (Å²) in [5.74, 6) is -0.333. The highest BCUT2D eigenvalue weighted by Crippen LogP contribution is 2.37. The number of pyridine rings is 2. The van der Waals surface area contributed by atoms with Crippen LogP contribution in [0.1, 0.15) is 23.3 Å². The predicted octanol–water partition coefficient (Wildman–Crippen LogP) is 3.39. The molecule has 1 aliphatic heterocycles. The molecule has 144 valence electrons. The molecule has 1 N–H and O–H groups in total. The molecule has 2 atom stereocenters. The Bertz CT molecular complexity index is 916. The zero-order valence-corrected chi connectivity index (χ0v) is 15.4. The number of morpholine rings is 1. The second-order valence-electron chi connectivity index (χ2n) is 6.78. The average molecular weight is 379 g/mol. The van der Waals surface area contributed by atoms with Gasteiger partial charge in [-0.1, -0.05) is 24.3 Å². The molecular formula is C22H22FN3O2. The van der Waals surface area contributed by atoms with Crippen LogP contribution in [0.25, 0.3) is 11.3 Å². The monoisotopic (exact) mass is 379 g/mol. The molecule has 1 fully saturated rings. The van der Waals surface area contributed by atoms with E-state index in [0.717, 1.165) is 5.56 Å². The van der Waals surface area contributed by atoms with Crippen molar-refractivity contribution in [3.63, 3.8) is 0 Å². The van der Waals surface area contributed by atoms with Crippen molar-refractivity contribution in [1.82, 2.24) is 14.9 Å². The van der Waals surface area contributed by atoms with Gasteiger partial charge >= 0.3 is 0 Å². The number of nitrogens with zero attached hydrogens (tertiary/aromatic N) is 3. The van der Waals surface area contributed by atoms with Crippen molar-refractivity contribution < 1.29 is 14.2 Å². The molecule has 0 saturated carbocycles. The molecule has 0 amide bonds. The van der Waals surface area contributed by atoms with E-state index >= 15 is 0 Å². The van der Waals surface area contributed by atoms with Crippen LogP contribution in [0, 0.1) is 5.82 Å². The van der Waals surface area contributed by atoms with Gasteiger partial charge in [0.1, 0.15) is 11.9 Å². The molecule has 0 radical (unpaired) electrons. The van der Waals surface area contributed by atoms with E-state index < -0.39 is 6.10 Å². The molecule has 28 heavy (non-hydrogen) atoms. The summed E-state index contributed by atoms with van der Waals surface area (Å²) in [4.78, 5) is 10.9. The third kappa shape index (κ3) is 3.94. The zero-order chi connectivity index (χ0) is 19.3. The lowest BCUT2D eigenvalue weighted by Crippen LogP contribution is -2.41. The number of rotatable bonds is 5. The van der Waals surface area contributed by atoms with Crippen molar-refractivity contribution in [3.8, 4) is 11.3 Å². The van der Waals surface area contributed by atoms with Gasteiger partial charge in [0.2, 0.25) is 0 Å². The summed E-state index contributed by atoms with van der Waals surface area (Å²) in [6.07, 6.45) is 4.30. The fourth-order valence-corrected chi connectivity index (χ4v) is 3.70. The van der Waals surface area contributed by atoms with Gasteiger partial charge in [0, 0.05) is 42.8 Å². The van der Waals surface area contributed by atoms with Crippen molar-refractivity contribution in [2.24, 2.45) is 0 Å². The maximum atomic E-state index is 13.8. The number of ether oxygens (including phenoxy) is 1. The van der Waals surface area contributed by atoms with E-state index in [2.05, 4.69) is 14.9 Å². The van der Waals surface area contributed by atoms with Crippen LogP contribution < -0.4 is 0 Å². The van der Waals surface area contributed by atoms with Gasteiger partial charge in [0.25, 0.3) is 0 Å². The number of hydrogen-bond acceptors (Lipinski definition) is 5. The van der Waals surface area contributed by atoms with Gasteiger partial charge in [-0.15, -0.1) is 0 Å². The van der Waals surface area contributed by atoms with Crippen LogP contribution in [0.5, 0.6) is 0 Å². The summed E-state index contributed by atoms with van der Waals surface area (Å²) in [7, 11) is 0. The Balaban J connectivity index is 1.76. The van der Waals surface area contributed by atoms with E-state index in [1.54, 1.807) is 36.8 Å². The van der Waals surface area contributed by atoms with Crippen LogP contribution in [0.3, 0.4) is 0 Å². The number of hydrogen-bond donors (Lipinski definition) is 1. The first-order chi connectivity index (χ1) is 13.7. The molecule has 1 saturated heterocycles. The Morgan fingerprint density at radius 3 is 2.61 bits per heavy atom. The minimum Gasteiger partial charge on any atom is -0.386 e. The molecule has 3 heterocycles. The molecule has 0 bridgehead atoms. The van der Waals surface area contributed by atoms with E-state index in [9.17, 15) is 9.50 Å². The lowest BCUT2D eigenvalue weighted by molar-refractivity contribution is -0.0238. The summed E-state index contributed by atoms with van der Waals surface area (Å²) >= 11 is 0. The van der Waals surface area contributed by atoms with Crippen molar-refractivity contribution in [2.45, 2.75) is 12.1 Å². The summed E-state index contributed by atoms with van der Waals surface area (Å²) in [5.41, 5.74) is 2.80. The van der Waals surface area contributed by atoms with Gasteiger partial charge in [-0.25, -0.2) is 4.39 Å². The standard InChI is InChI=1S/C22H22FN3O2/c23-18-6-1-4-16(14-18)20-19(7-3-9-25-20)22(27)21(17-5-2-8-24-15-17)26-10-12-28-13-11-26/h1-9,14-15,21-22,27H,10-13H2/t21-,22+/m0/s1. The molecule has 1 aliphatic rings. The molecule has 4 rings (SSSR count). The van der Waals surface area contributed by atoms with Gasteiger partial charge in [-0.05, 0) is 29.8 Å². The molecule has 1 aromatic carbocycles. The van der Waals surface area contributed by atoms with Crippen LogP contribution in [-0.4, -0.2) is 46.3 Å². The number of benzene rings is 1. The molecular weight excluding hydrogens is 357 g/mol. The Hall–Kier alpha value is -2.67. The topological polar surface area (TPSA) is 58.5 Å². The fourth-order valence-electron chi connectivity index (χ4n) is 3.70. The van der Waals surface area contributed by atoms with Gasteiger partial charge in [0.15, 0.2) is 0 Å². The lowest BCUT2D eigenvalue weighted by atomic mass is 9.92. The Kier molecular flexibility index (Phi) is 5.71. The van der Waals surface area contributed by atoms with E-state index in [1.807, 2.05) is 18.2 Å². The Morgan fingerprint density at radius 1 is 1.04 bits per heavy atom. The Labute approximate surface area is 163 Å². The molecule has 0 aliphatic carbocycles. The highest BCUT2D eigenvalue weighted by molar-refractivity contribution is 5.63. The van der Waals surface area contributed by atoms with Crippen LogP contribution in [0.15, 0.2) is 67.1 Å². The van der Waals surface area contributed by atoms with Crippen LogP contribution in [0.2, 0.25) is 0 Å². The predicted molar refractivity (Wildman–Crippen MR) is 104 cm³/mol. The largest absolute Gasteiger partial charge is 0.386 e. The summed E-state index contributed by atoms with van der Waals surface area (Å²) in [6.45, 7) is 2.67. The molecule has 2 aromatic heterocycles. The van der Waals surface area contributed by atoms with Crippen molar-refractivity contribution in [3.05, 3.63) is 84.1 Å². The molecule has 0 spiro atoms. The van der Waals surface area contributed by atoms with Gasteiger partial charge in [-0.2, -0.15) is 0 Å². The van der Waals surface area contributed by atoms with E-state index in [1.165, 1.54) is 12.1 Å². The highest BCUT2D eigenvalue weighted by atomic mass is 19.1. The maximum Gasteiger partial charge on any atom is 0.123 e. The SMILES string of the molecule is O[C@H](c1cccnc1-c1cccc(F)c1)[C@H](c1cccnc1)N1CCOCC1. The zero-order valence-electron chi connectivity index (χ0n) is 15.4. The average Bonchev–Trinajstić information content (AvgIpc) is 2.75. The second-order valence-corrected chi connectivity index (χ2v) is 6.78. The van der Waals surface area contributed by atoms with Crippen molar-refractivity contribution >= 4 is 0 Å². The summed E-state index contributed by atoms with van der Waals surface area (Å²) in [5, 5.41) is 11.5. The molecule has 5 nitrogen and oxygen atoms in total. The van der Waals surface area contributed by atoms with Gasteiger partial charge < -0.3 is 9.84 Å². The van der Waals surface area contributed by atoms with Crippen molar-refractivity contribution in [2.75, 3.05) is 26.3 Å². The van der Waals surface area contributed by atoms with E-state index in [-0.39, 0.29) is 11.9 Å². The quantitative estimate of drug-likeness (QED) is 0.736. The van der Waals surface area contributed by atoms with Crippen molar-refractivity contribution in [1.29, 1.82) is 0 Å². The van der Waals surface area contributed by atoms with Crippen LogP contribution in [-0.2, 0) is 4.74 Å². The third-order valence-electron chi connectivity index (χ3n) is 5.02. The fraction of sp³-hybridized carbons (Fsp3) is 0.273. The maximum absolute atomic E-state index is 13.8. The second kappa shape index (κ2) is 8.56. The number of halogens is 1. The lowest BCUT2D eigenvalue weighted by Gasteiger charge is -2.37. The number of aliphatic hydroxyl groups is 1. The van der Waals surface area contributed by atoms with E-state index in [0.29, 0.717) is 43.1 Å².